The van der Waals surface area contributed by atoms with E-state index in [1.165, 1.54) is 18.2 Å². The van der Waals surface area contributed by atoms with Gasteiger partial charge in [-0.15, -0.1) is 0 Å². The van der Waals surface area contributed by atoms with E-state index in [1.807, 2.05) is 0 Å². The van der Waals surface area contributed by atoms with Crippen LogP contribution in [0.5, 0.6) is 0 Å². The van der Waals surface area contributed by atoms with Crippen molar-refractivity contribution in [3.8, 4) is 11.8 Å². The van der Waals surface area contributed by atoms with E-state index in [4.69, 9.17) is 5.73 Å². The smallest absolute Gasteiger partial charge is 0.233 e. The van der Waals surface area contributed by atoms with E-state index in [1.54, 1.807) is 0 Å². The highest BCUT2D eigenvalue weighted by Gasteiger charge is 2.28. The fourth-order valence-corrected chi connectivity index (χ4v) is 3.21. The van der Waals surface area contributed by atoms with Crippen LogP contribution in [-0.2, 0) is 10.0 Å². The van der Waals surface area contributed by atoms with Gasteiger partial charge in [0.1, 0.15) is 5.82 Å². The summed E-state index contributed by atoms with van der Waals surface area (Å²) in [5.41, 5.74) is 5.85. The summed E-state index contributed by atoms with van der Waals surface area (Å²) in [7, 11) is -3.40. The molecule has 0 aromatic heterocycles. The molecule has 1 aliphatic rings. The van der Waals surface area contributed by atoms with Crippen molar-refractivity contribution in [2.45, 2.75) is 12.8 Å². The van der Waals surface area contributed by atoms with Crippen molar-refractivity contribution in [2.24, 2.45) is 11.7 Å². The maximum atomic E-state index is 13.2. The number of hydrogen-bond donors (Lipinski definition) is 2. The van der Waals surface area contributed by atoms with E-state index in [-0.39, 0.29) is 18.2 Å². The second kappa shape index (κ2) is 5.59. The SMILES string of the molecule is NCC#Cc1cc(F)ccc1NS(=O)(=O)CC1CC1. The molecule has 3 N–H and O–H groups in total. The molecule has 0 atom stereocenters. The van der Waals surface area contributed by atoms with Gasteiger partial charge in [-0.2, -0.15) is 0 Å². The maximum Gasteiger partial charge on any atom is 0.233 e. The van der Waals surface area contributed by atoms with Gasteiger partial charge in [0.2, 0.25) is 10.0 Å². The number of rotatable bonds is 4. The molecule has 1 aromatic rings. The van der Waals surface area contributed by atoms with Crippen LogP contribution in [0.3, 0.4) is 0 Å². The molecule has 0 spiro atoms. The molecule has 0 aliphatic heterocycles. The number of anilines is 1. The Hall–Kier alpha value is -1.58. The molecule has 6 heteroatoms. The normalized spacial score (nSPS) is 14.6. The van der Waals surface area contributed by atoms with Crippen LogP contribution in [-0.4, -0.2) is 20.7 Å². The van der Waals surface area contributed by atoms with E-state index < -0.39 is 15.8 Å². The third kappa shape index (κ3) is 4.23. The Balaban J connectivity index is 2.23. The van der Waals surface area contributed by atoms with Gasteiger partial charge in [-0.25, -0.2) is 12.8 Å². The Morgan fingerprint density at radius 2 is 2.16 bits per heavy atom. The average molecular weight is 282 g/mol. The van der Waals surface area contributed by atoms with Crippen LogP contribution in [0.25, 0.3) is 0 Å². The lowest BCUT2D eigenvalue weighted by atomic mass is 10.2. The summed E-state index contributed by atoms with van der Waals surface area (Å²) in [6.07, 6.45) is 1.90. The summed E-state index contributed by atoms with van der Waals surface area (Å²) < 4.78 is 39.4. The molecule has 1 aromatic carbocycles. The zero-order valence-corrected chi connectivity index (χ0v) is 11.1. The maximum absolute atomic E-state index is 13.2. The second-order valence-corrected chi connectivity index (χ2v) is 6.29. The fraction of sp³-hybridized carbons (Fsp3) is 0.385. The van der Waals surface area contributed by atoms with Crippen LogP contribution >= 0.6 is 0 Å². The standard InChI is InChI=1S/C13H15FN2O2S/c14-12-5-6-13(11(8-12)2-1-7-15)16-19(17,18)9-10-3-4-10/h5-6,8,10,16H,3-4,7,9,15H2. The van der Waals surface area contributed by atoms with Gasteiger partial charge >= 0.3 is 0 Å². The quantitative estimate of drug-likeness (QED) is 0.817. The third-order valence-electron chi connectivity index (χ3n) is 2.72. The van der Waals surface area contributed by atoms with E-state index in [0.717, 1.165) is 12.8 Å². The highest BCUT2D eigenvalue weighted by Crippen LogP contribution is 2.31. The summed E-state index contributed by atoms with van der Waals surface area (Å²) in [5.74, 6) is 5.14. The number of hydrogen-bond acceptors (Lipinski definition) is 3. The topological polar surface area (TPSA) is 72.2 Å². The zero-order chi connectivity index (χ0) is 13.9. The third-order valence-corrected chi connectivity index (χ3v) is 4.17. The summed E-state index contributed by atoms with van der Waals surface area (Å²) in [4.78, 5) is 0. The van der Waals surface area contributed by atoms with E-state index in [2.05, 4.69) is 16.6 Å². The number of nitrogens with one attached hydrogen (secondary N) is 1. The van der Waals surface area contributed by atoms with E-state index >= 15 is 0 Å². The van der Waals surface area contributed by atoms with Gasteiger partial charge in [0, 0.05) is 0 Å². The van der Waals surface area contributed by atoms with Crippen molar-refractivity contribution < 1.29 is 12.8 Å². The van der Waals surface area contributed by atoms with Gasteiger partial charge in [-0.1, -0.05) is 11.8 Å². The lowest BCUT2D eigenvalue weighted by Crippen LogP contribution is -2.18. The molecule has 19 heavy (non-hydrogen) atoms. The molecule has 1 aliphatic carbocycles. The van der Waals surface area contributed by atoms with Crippen molar-refractivity contribution in [2.75, 3.05) is 17.0 Å². The Morgan fingerprint density at radius 1 is 1.42 bits per heavy atom. The van der Waals surface area contributed by atoms with E-state index in [0.29, 0.717) is 11.3 Å². The minimum atomic E-state index is -3.40. The molecular weight excluding hydrogens is 267 g/mol. The molecule has 1 fully saturated rings. The Labute approximate surface area is 112 Å². The first-order chi connectivity index (χ1) is 9.00. The Bertz CT molecular complexity index is 628. The van der Waals surface area contributed by atoms with Crippen LogP contribution in [0.1, 0.15) is 18.4 Å². The number of sulfonamides is 1. The molecule has 1 saturated carbocycles. The van der Waals surface area contributed by atoms with Crippen LogP contribution in [0.4, 0.5) is 10.1 Å². The lowest BCUT2D eigenvalue weighted by Gasteiger charge is -2.09. The van der Waals surface area contributed by atoms with Crippen molar-refractivity contribution in [3.63, 3.8) is 0 Å². The first kappa shape index (κ1) is 13.8. The molecule has 2 rings (SSSR count). The largest absolute Gasteiger partial charge is 0.320 e. The molecule has 0 saturated heterocycles. The van der Waals surface area contributed by atoms with Gasteiger partial charge in [-0.05, 0) is 37.0 Å². The number of benzene rings is 1. The van der Waals surface area contributed by atoms with Crippen LogP contribution in [0.15, 0.2) is 18.2 Å². The van der Waals surface area contributed by atoms with Gasteiger partial charge in [-0.3, -0.25) is 4.72 Å². The molecule has 102 valence electrons. The van der Waals surface area contributed by atoms with Crippen LogP contribution in [0.2, 0.25) is 0 Å². The highest BCUT2D eigenvalue weighted by atomic mass is 32.2. The minimum absolute atomic E-state index is 0.105. The van der Waals surface area contributed by atoms with Crippen molar-refractivity contribution in [1.82, 2.24) is 0 Å². The van der Waals surface area contributed by atoms with Crippen LogP contribution in [0, 0.1) is 23.6 Å². The molecule has 0 heterocycles. The summed E-state index contributed by atoms with van der Waals surface area (Å²) in [6.45, 7) is 0.130. The Kier molecular flexibility index (Phi) is 4.08. The van der Waals surface area contributed by atoms with Crippen LogP contribution < -0.4 is 10.5 Å². The lowest BCUT2D eigenvalue weighted by molar-refractivity contribution is 0.597. The summed E-state index contributed by atoms with van der Waals surface area (Å²) in [5, 5.41) is 0. The molecular formula is C13H15FN2O2S. The number of nitrogens with two attached hydrogens (primary N) is 1. The van der Waals surface area contributed by atoms with Gasteiger partial charge < -0.3 is 5.73 Å². The van der Waals surface area contributed by atoms with Gasteiger partial charge in [0.15, 0.2) is 0 Å². The average Bonchev–Trinajstić information content (AvgIpc) is 3.12. The van der Waals surface area contributed by atoms with E-state index in [9.17, 15) is 12.8 Å². The van der Waals surface area contributed by atoms with Gasteiger partial charge in [0.05, 0.1) is 23.5 Å². The second-order valence-electron chi connectivity index (χ2n) is 4.52. The van der Waals surface area contributed by atoms with Crippen molar-refractivity contribution >= 4 is 15.7 Å². The summed E-state index contributed by atoms with van der Waals surface area (Å²) in [6, 6.07) is 3.76. The monoisotopic (exact) mass is 282 g/mol. The highest BCUT2D eigenvalue weighted by molar-refractivity contribution is 7.92. The van der Waals surface area contributed by atoms with Crippen molar-refractivity contribution in [3.05, 3.63) is 29.6 Å². The molecule has 0 unspecified atom stereocenters. The zero-order valence-electron chi connectivity index (χ0n) is 10.3. The Morgan fingerprint density at radius 3 is 2.79 bits per heavy atom. The first-order valence-electron chi connectivity index (χ1n) is 5.99. The van der Waals surface area contributed by atoms with Gasteiger partial charge in [0.25, 0.3) is 0 Å². The van der Waals surface area contributed by atoms with Crippen molar-refractivity contribution in [1.29, 1.82) is 0 Å². The molecule has 4 nitrogen and oxygen atoms in total. The predicted molar refractivity (Wildman–Crippen MR) is 72.5 cm³/mol. The first-order valence-corrected chi connectivity index (χ1v) is 7.64. The fourth-order valence-electron chi connectivity index (χ4n) is 1.66. The number of halogens is 1. The molecule has 0 radical (unpaired) electrons. The summed E-state index contributed by atoms with van der Waals surface area (Å²) >= 11 is 0. The molecule has 0 bridgehead atoms. The predicted octanol–water partition coefficient (Wildman–Crippen LogP) is 1.29. The minimum Gasteiger partial charge on any atom is -0.320 e. The molecule has 0 amide bonds.